The number of pyridine rings is 1. The van der Waals surface area contributed by atoms with Gasteiger partial charge in [0.1, 0.15) is 5.82 Å². The topological polar surface area (TPSA) is 74.4 Å². The van der Waals surface area contributed by atoms with Crippen LogP contribution in [0.3, 0.4) is 0 Å². The first-order valence-electron chi connectivity index (χ1n) is 6.60. The number of hydrazine groups is 1. The van der Waals surface area contributed by atoms with Gasteiger partial charge in [-0.2, -0.15) is 0 Å². The van der Waals surface area contributed by atoms with E-state index in [1.54, 1.807) is 0 Å². The maximum atomic E-state index is 8.96. The van der Waals surface area contributed by atoms with Gasteiger partial charge in [-0.25, -0.2) is 10.8 Å². The van der Waals surface area contributed by atoms with Gasteiger partial charge in [0.2, 0.25) is 0 Å². The molecular formula is C13H22N4O. The number of nitrogens with one attached hydrogen (secondary N) is 1. The number of hydrogen-bond acceptors (Lipinski definition) is 5. The first-order chi connectivity index (χ1) is 8.83. The number of aliphatic hydroxyl groups is 1. The molecule has 5 heteroatoms. The number of anilines is 1. The van der Waals surface area contributed by atoms with E-state index in [1.807, 2.05) is 18.3 Å². The van der Waals surface area contributed by atoms with Crippen LogP contribution in [0.1, 0.15) is 31.2 Å². The maximum absolute atomic E-state index is 8.96. The minimum atomic E-state index is 0.261. The Balaban J connectivity index is 1.93. The van der Waals surface area contributed by atoms with E-state index in [4.69, 9.17) is 10.9 Å². The molecule has 0 radical (unpaired) electrons. The minimum Gasteiger partial charge on any atom is -0.396 e. The highest BCUT2D eigenvalue weighted by atomic mass is 16.3. The summed E-state index contributed by atoms with van der Waals surface area (Å²) in [4.78, 5) is 6.67. The lowest BCUT2D eigenvalue weighted by Crippen LogP contribution is -2.40. The molecule has 100 valence electrons. The fraction of sp³-hybridized carbons (Fsp3) is 0.615. The van der Waals surface area contributed by atoms with Crippen molar-refractivity contribution in [1.82, 2.24) is 9.88 Å². The molecule has 0 spiro atoms. The minimum absolute atomic E-state index is 0.261. The third kappa shape index (κ3) is 3.41. The summed E-state index contributed by atoms with van der Waals surface area (Å²) in [5, 5.41) is 8.96. The third-order valence-electron chi connectivity index (χ3n) is 3.55. The fourth-order valence-corrected chi connectivity index (χ4v) is 2.25. The standard InChI is InChI=1S/C13H22N4O/c14-16-13-6-5-11(9-15-13)10-17(7-2-8-18)12-3-1-4-12/h5-6,9,12,18H,1-4,7-8,10,14H2,(H,15,16). The Bertz CT molecular complexity index is 351. The lowest BCUT2D eigenvalue weighted by Gasteiger charge is -2.37. The van der Waals surface area contributed by atoms with Crippen molar-refractivity contribution < 1.29 is 5.11 Å². The molecule has 0 aromatic carbocycles. The summed E-state index contributed by atoms with van der Waals surface area (Å²) in [7, 11) is 0. The summed E-state index contributed by atoms with van der Waals surface area (Å²) in [5.41, 5.74) is 3.72. The van der Waals surface area contributed by atoms with Gasteiger partial charge in [0.25, 0.3) is 0 Å². The molecule has 2 rings (SSSR count). The number of aromatic nitrogens is 1. The summed E-state index contributed by atoms with van der Waals surface area (Å²) in [6.07, 6.45) is 6.59. The molecule has 1 aromatic rings. The molecule has 1 aromatic heterocycles. The van der Waals surface area contributed by atoms with Crippen molar-refractivity contribution in [1.29, 1.82) is 0 Å². The number of nitrogen functional groups attached to an aromatic ring is 1. The number of rotatable bonds is 7. The second kappa shape index (κ2) is 6.68. The van der Waals surface area contributed by atoms with E-state index in [0.29, 0.717) is 11.9 Å². The lowest BCUT2D eigenvalue weighted by molar-refractivity contribution is 0.109. The summed E-state index contributed by atoms with van der Waals surface area (Å²) >= 11 is 0. The van der Waals surface area contributed by atoms with Gasteiger partial charge >= 0.3 is 0 Å². The van der Waals surface area contributed by atoms with Gasteiger partial charge in [-0.05, 0) is 30.9 Å². The highest BCUT2D eigenvalue weighted by Gasteiger charge is 2.24. The van der Waals surface area contributed by atoms with Gasteiger partial charge in [-0.1, -0.05) is 12.5 Å². The van der Waals surface area contributed by atoms with Gasteiger partial charge in [0.15, 0.2) is 0 Å². The van der Waals surface area contributed by atoms with Crippen molar-refractivity contribution in [2.75, 3.05) is 18.6 Å². The molecular weight excluding hydrogens is 228 g/mol. The molecule has 1 heterocycles. The zero-order valence-corrected chi connectivity index (χ0v) is 10.7. The molecule has 5 nitrogen and oxygen atoms in total. The van der Waals surface area contributed by atoms with Gasteiger partial charge in [0, 0.05) is 31.9 Å². The largest absolute Gasteiger partial charge is 0.396 e. The van der Waals surface area contributed by atoms with E-state index in [1.165, 1.54) is 24.8 Å². The van der Waals surface area contributed by atoms with E-state index in [-0.39, 0.29) is 6.61 Å². The number of nitrogens with two attached hydrogens (primary N) is 1. The van der Waals surface area contributed by atoms with Gasteiger partial charge in [0.05, 0.1) is 0 Å². The maximum Gasteiger partial charge on any atom is 0.139 e. The Morgan fingerprint density at radius 1 is 1.44 bits per heavy atom. The van der Waals surface area contributed by atoms with Crippen LogP contribution in [0.5, 0.6) is 0 Å². The van der Waals surface area contributed by atoms with Gasteiger partial charge in [-0.15, -0.1) is 0 Å². The second-order valence-electron chi connectivity index (χ2n) is 4.83. The van der Waals surface area contributed by atoms with Crippen molar-refractivity contribution in [3.8, 4) is 0 Å². The van der Waals surface area contributed by atoms with Crippen molar-refractivity contribution in [2.45, 2.75) is 38.3 Å². The summed E-state index contributed by atoms with van der Waals surface area (Å²) in [6, 6.07) is 4.62. The van der Waals surface area contributed by atoms with Crippen LogP contribution in [0, 0.1) is 0 Å². The summed E-state index contributed by atoms with van der Waals surface area (Å²) < 4.78 is 0. The van der Waals surface area contributed by atoms with Crippen LogP contribution in [-0.2, 0) is 6.54 Å². The third-order valence-corrected chi connectivity index (χ3v) is 3.55. The van der Waals surface area contributed by atoms with Crippen LogP contribution in [0.2, 0.25) is 0 Å². The highest BCUT2D eigenvalue weighted by Crippen LogP contribution is 2.26. The predicted molar refractivity (Wildman–Crippen MR) is 71.8 cm³/mol. The van der Waals surface area contributed by atoms with Crippen LogP contribution in [0.25, 0.3) is 0 Å². The monoisotopic (exact) mass is 250 g/mol. The zero-order chi connectivity index (χ0) is 12.8. The van der Waals surface area contributed by atoms with Crippen LogP contribution in [0.4, 0.5) is 5.82 Å². The highest BCUT2D eigenvalue weighted by molar-refractivity contribution is 5.33. The molecule has 0 bridgehead atoms. The Labute approximate surface area is 108 Å². The van der Waals surface area contributed by atoms with Gasteiger partial charge < -0.3 is 10.5 Å². The van der Waals surface area contributed by atoms with Crippen molar-refractivity contribution in [3.05, 3.63) is 23.9 Å². The molecule has 1 aliphatic rings. The molecule has 0 unspecified atom stereocenters. The van der Waals surface area contributed by atoms with Crippen molar-refractivity contribution >= 4 is 5.82 Å². The fourth-order valence-electron chi connectivity index (χ4n) is 2.25. The molecule has 18 heavy (non-hydrogen) atoms. The predicted octanol–water partition coefficient (Wildman–Crippen LogP) is 1.10. The average Bonchev–Trinajstić information content (AvgIpc) is 2.34. The van der Waals surface area contributed by atoms with Crippen LogP contribution in [0.15, 0.2) is 18.3 Å². The normalized spacial score (nSPS) is 15.7. The zero-order valence-electron chi connectivity index (χ0n) is 10.7. The van der Waals surface area contributed by atoms with E-state index in [0.717, 1.165) is 19.5 Å². The van der Waals surface area contributed by atoms with E-state index in [2.05, 4.69) is 15.3 Å². The average molecular weight is 250 g/mol. The smallest absolute Gasteiger partial charge is 0.139 e. The van der Waals surface area contributed by atoms with E-state index < -0.39 is 0 Å². The molecule has 4 N–H and O–H groups in total. The number of nitrogens with zero attached hydrogens (tertiary/aromatic N) is 2. The van der Waals surface area contributed by atoms with E-state index in [9.17, 15) is 0 Å². The summed E-state index contributed by atoms with van der Waals surface area (Å²) in [5.74, 6) is 5.98. The first-order valence-corrected chi connectivity index (χ1v) is 6.60. The Morgan fingerprint density at radius 3 is 2.78 bits per heavy atom. The Kier molecular flexibility index (Phi) is 4.92. The summed E-state index contributed by atoms with van der Waals surface area (Å²) in [6.45, 7) is 2.12. The molecule has 0 amide bonds. The molecule has 0 aliphatic heterocycles. The second-order valence-corrected chi connectivity index (χ2v) is 4.83. The lowest BCUT2D eigenvalue weighted by atomic mass is 9.91. The number of hydrogen-bond donors (Lipinski definition) is 3. The van der Waals surface area contributed by atoms with Crippen LogP contribution < -0.4 is 11.3 Å². The SMILES string of the molecule is NNc1ccc(CN(CCCO)C2CCC2)cn1. The molecule has 0 saturated heterocycles. The molecule has 1 saturated carbocycles. The quantitative estimate of drug-likeness (QED) is 0.499. The van der Waals surface area contributed by atoms with Crippen LogP contribution >= 0.6 is 0 Å². The van der Waals surface area contributed by atoms with Crippen molar-refractivity contribution in [2.24, 2.45) is 5.84 Å². The Morgan fingerprint density at radius 2 is 2.28 bits per heavy atom. The molecule has 0 atom stereocenters. The Hall–Kier alpha value is -1.17. The number of aliphatic hydroxyl groups excluding tert-OH is 1. The molecule has 1 fully saturated rings. The molecule has 1 aliphatic carbocycles. The van der Waals surface area contributed by atoms with Gasteiger partial charge in [-0.3, -0.25) is 4.90 Å². The van der Waals surface area contributed by atoms with Crippen molar-refractivity contribution in [3.63, 3.8) is 0 Å². The van der Waals surface area contributed by atoms with E-state index >= 15 is 0 Å². The van der Waals surface area contributed by atoms with Crippen LogP contribution in [-0.4, -0.2) is 34.2 Å². The first kappa shape index (κ1) is 13.3.